The minimum absolute atomic E-state index is 0.0716. The van der Waals surface area contributed by atoms with E-state index in [1.807, 2.05) is 31.2 Å². The second kappa shape index (κ2) is 10.1. The van der Waals surface area contributed by atoms with Crippen molar-refractivity contribution in [3.8, 4) is 0 Å². The summed E-state index contributed by atoms with van der Waals surface area (Å²) in [4.78, 5) is 14.9. The number of hydrogen-bond donors (Lipinski definition) is 1. The summed E-state index contributed by atoms with van der Waals surface area (Å²) >= 11 is 4.85. The number of hydrogen-bond acceptors (Lipinski definition) is 7. The molecule has 10 heteroatoms. The maximum absolute atomic E-state index is 12.7. The van der Waals surface area contributed by atoms with Gasteiger partial charge >= 0.3 is 0 Å². The Balaban J connectivity index is 1.48. The summed E-state index contributed by atoms with van der Waals surface area (Å²) < 4.78 is 14.4. The summed E-state index contributed by atoms with van der Waals surface area (Å²) in [7, 11) is 0. The first kappa shape index (κ1) is 21.6. The van der Waals surface area contributed by atoms with Gasteiger partial charge in [-0.2, -0.15) is 0 Å². The Morgan fingerprint density at radius 3 is 2.90 bits per heavy atom. The fourth-order valence-electron chi connectivity index (χ4n) is 3.54. The quantitative estimate of drug-likeness (QED) is 0.590. The average molecular weight is 496 g/mol. The first-order valence-corrected chi connectivity index (χ1v) is 11.9. The fourth-order valence-corrected chi connectivity index (χ4v) is 4.79. The molecule has 0 aliphatic carbocycles. The summed E-state index contributed by atoms with van der Waals surface area (Å²) in [6.07, 6.45) is 2.27. The Morgan fingerprint density at radius 1 is 1.33 bits per heavy atom. The smallest absolute Gasteiger partial charge is 0.237 e. The van der Waals surface area contributed by atoms with Crippen LogP contribution in [0.25, 0.3) is 0 Å². The number of benzene rings is 1. The van der Waals surface area contributed by atoms with Gasteiger partial charge in [-0.05, 0) is 38.0 Å². The van der Waals surface area contributed by atoms with Crippen LogP contribution in [-0.2, 0) is 20.8 Å². The van der Waals surface area contributed by atoms with Crippen molar-refractivity contribution in [2.24, 2.45) is 0 Å². The Bertz CT molecular complexity index is 868. The van der Waals surface area contributed by atoms with Gasteiger partial charge in [-0.25, -0.2) is 0 Å². The van der Waals surface area contributed by atoms with Gasteiger partial charge in [0.1, 0.15) is 0 Å². The number of halogens is 1. The summed E-state index contributed by atoms with van der Waals surface area (Å²) in [6.45, 7) is 6.31. The Hall–Kier alpha value is -1.62. The van der Waals surface area contributed by atoms with Gasteiger partial charge in [0.05, 0.1) is 31.1 Å². The van der Waals surface area contributed by atoms with Crippen LogP contribution in [-0.4, -0.2) is 64.9 Å². The molecule has 2 unspecified atom stereocenters. The van der Waals surface area contributed by atoms with E-state index in [2.05, 4.69) is 40.9 Å². The number of thioether (sulfide) groups is 1. The normalized spacial score (nSPS) is 20.3. The van der Waals surface area contributed by atoms with Gasteiger partial charge in [-0.1, -0.05) is 33.8 Å². The van der Waals surface area contributed by atoms with Crippen LogP contribution < -0.4 is 10.2 Å². The van der Waals surface area contributed by atoms with Crippen molar-refractivity contribution in [2.45, 2.75) is 42.8 Å². The van der Waals surface area contributed by atoms with E-state index in [9.17, 15) is 4.79 Å². The van der Waals surface area contributed by atoms with Crippen LogP contribution in [0.2, 0.25) is 0 Å². The number of morpholine rings is 1. The van der Waals surface area contributed by atoms with Crippen molar-refractivity contribution in [3.05, 3.63) is 28.7 Å². The highest BCUT2D eigenvalue weighted by Gasteiger charge is 2.27. The molecule has 2 fully saturated rings. The zero-order valence-electron chi connectivity index (χ0n) is 16.9. The van der Waals surface area contributed by atoms with Gasteiger partial charge in [0.15, 0.2) is 5.16 Å². The number of amides is 1. The standard InChI is InChI=1S/C20H26BrN5O3S/c1-14(18(27)22-16-5-2-4-15(21)12-16)30-20-24-23-19(25-7-10-28-11-8-25)26(20)13-17-6-3-9-29-17/h2,4-5,12,14,17H,3,6-11,13H2,1H3,(H,22,27). The van der Waals surface area contributed by atoms with E-state index in [4.69, 9.17) is 9.47 Å². The van der Waals surface area contributed by atoms with Crippen molar-refractivity contribution in [1.82, 2.24) is 14.8 Å². The molecule has 2 aliphatic heterocycles. The second-order valence-electron chi connectivity index (χ2n) is 7.39. The lowest BCUT2D eigenvalue weighted by Gasteiger charge is -2.28. The number of ether oxygens (including phenoxy) is 2. The molecule has 1 aromatic heterocycles. The molecule has 1 amide bonds. The molecule has 4 rings (SSSR count). The predicted molar refractivity (Wildman–Crippen MR) is 120 cm³/mol. The predicted octanol–water partition coefficient (Wildman–Crippen LogP) is 3.18. The summed E-state index contributed by atoms with van der Waals surface area (Å²) in [6, 6.07) is 7.57. The van der Waals surface area contributed by atoms with Crippen molar-refractivity contribution < 1.29 is 14.3 Å². The number of anilines is 2. The van der Waals surface area contributed by atoms with Crippen molar-refractivity contribution in [3.63, 3.8) is 0 Å². The summed E-state index contributed by atoms with van der Waals surface area (Å²) in [5.41, 5.74) is 0.761. The van der Waals surface area contributed by atoms with E-state index in [0.29, 0.717) is 19.8 Å². The molecule has 0 spiro atoms. The van der Waals surface area contributed by atoms with Crippen molar-refractivity contribution in [1.29, 1.82) is 0 Å². The highest BCUT2D eigenvalue weighted by Crippen LogP contribution is 2.29. The van der Waals surface area contributed by atoms with Gasteiger partial charge in [0.2, 0.25) is 11.9 Å². The van der Waals surface area contributed by atoms with Crippen LogP contribution in [0.15, 0.2) is 33.9 Å². The first-order chi connectivity index (χ1) is 14.6. The third-order valence-electron chi connectivity index (χ3n) is 5.15. The number of aromatic nitrogens is 3. The highest BCUT2D eigenvalue weighted by atomic mass is 79.9. The minimum Gasteiger partial charge on any atom is -0.378 e. The third-order valence-corrected chi connectivity index (χ3v) is 6.72. The molecule has 0 radical (unpaired) electrons. The van der Waals surface area contributed by atoms with Crippen LogP contribution >= 0.6 is 27.7 Å². The maximum atomic E-state index is 12.7. The molecule has 162 valence electrons. The van der Waals surface area contributed by atoms with Crippen LogP contribution in [0.3, 0.4) is 0 Å². The maximum Gasteiger partial charge on any atom is 0.237 e. The van der Waals surface area contributed by atoms with Crippen LogP contribution in [0, 0.1) is 0 Å². The molecule has 30 heavy (non-hydrogen) atoms. The summed E-state index contributed by atoms with van der Waals surface area (Å²) in [5, 5.41) is 12.3. The molecule has 2 aromatic rings. The number of carbonyl (C=O) groups is 1. The third kappa shape index (κ3) is 5.35. The van der Waals surface area contributed by atoms with Gasteiger partial charge in [0.25, 0.3) is 0 Å². The molecule has 2 atom stereocenters. The molecular formula is C20H26BrN5O3S. The van der Waals surface area contributed by atoms with Crippen LogP contribution in [0.1, 0.15) is 19.8 Å². The lowest BCUT2D eigenvalue weighted by atomic mass is 10.2. The number of rotatable bonds is 7. The Kier molecular flexibility index (Phi) is 7.29. The van der Waals surface area contributed by atoms with Crippen LogP contribution in [0.4, 0.5) is 11.6 Å². The Morgan fingerprint density at radius 2 is 2.17 bits per heavy atom. The van der Waals surface area contributed by atoms with E-state index in [0.717, 1.165) is 53.8 Å². The Labute approximate surface area is 188 Å². The molecular weight excluding hydrogens is 470 g/mol. The molecule has 0 bridgehead atoms. The van der Waals surface area contributed by atoms with Gasteiger partial charge in [-0.15, -0.1) is 10.2 Å². The van der Waals surface area contributed by atoms with E-state index >= 15 is 0 Å². The number of carbonyl (C=O) groups excluding carboxylic acids is 1. The second-order valence-corrected chi connectivity index (χ2v) is 9.61. The van der Waals surface area contributed by atoms with E-state index in [-0.39, 0.29) is 17.3 Å². The van der Waals surface area contributed by atoms with Gasteiger partial charge < -0.3 is 19.7 Å². The molecule has 2 aliphatic rings. The number of nitrogens with one attached hydrogen (secondary N) is 1. The molecule has 2 saturated heterocycles. The largest absolute Gasteiger partial charge is 0.378 e. The lowest BCUT2D eigenvalue weighted by Crippen LogP contribution is -2.38. The van der Waals surface area contributed by atoms with E-state index < -0.39 is 0 Å². The topological polar surface area (TPSA) is 81.5 Å². The van der Waals surface area contributed by atoms with Crippen molar-refractivity contribution in [2.75, 3.05) is 43.1 Å². The molecule has 8 nitrogen and oxygen atoms in total. The van der Waals surface area contributed by atoms with Gasteiger partial charge in [-0.3, -0.25) is 9.36 Å². The summed E-state index contributed by atoms with van der Waals surface area (Å²) in [5.74, 6) is 0.758. The zero-order valence-corrected chi connectivity index (χ0v) is 19.3. The van der Waals surface area contributed by atoms with E-state index in [1.54, 1.807) is 0 Å². The van der Waals surface area contributed by atoms with E-state index in [1.165, 1.54) is 11.8 Å². The highest BCUT2D eigenvalue weighted by molar-refractivity contribution is 9.10. The average Bonchev–Trinajstić information content (AvgIpc) is 3.39. The number of nitrogens with zero attached hydrogens (tertiary/aromatic N) is 4. The minimum atomic E-state index is -0.325. The molecule has 1 aromatic carbocycles. The zero-order chi connectivity index (χ0) is 20.9. The first-order valence-electron chi connectivity index (χ1n) is 10.2. The molecule has 0 saturated carbocycles. The molecule has 1 N–H and O–H groups in total. The van der Waals surface area contributed by atoms with Crippen molar-refractivity contribution >= 4 is 45.2 Å². The van der Waals surface area contributed by atoms with Crippen LogP contribution in [0.5, 0.6) is 0 Å². The monoisotopic (exact) mass is 495 g/mol. The SMILES string of the molecule is CC(Sc1nnc(N2CCOCC2)n1CC1CCCO1)C(=O)Nc1cccc(Br)c1. The fraction of sp³-hybridized carbons (Fsp3) is 0.550. The lowest BCUT2D eigenvalue weighted by molar-refractivity contribution is -0.115. The molecule has 3 heterocycles. The van der Waals surface area contributed by atoms with Gasteiger partial charge in [0, 0.05) is 29.9 Å².